The highest BCUT2D eigenvalue weighted by Gasteiger charge is 2.29. The summed E-state index contributed by atoms with van der Waals surface area (Å²) < 4.78 is 28.1. The van der Waals surface area contributed by atoms with Gasteiger partial charge in [0.15, 0.2) is 0 Å². The first-order valence-electron chi connectivity index (χ1n) is 10.1. The largest absolute Gasteiger partial charge is 0.368 e. The molecule has 2 heterocycles. The number of hydrogen-bond donors (Lipinski definition) is 1. The summed E-state index contributed by atoms with van der Waals surface area (Å²) in [5.74, 6) is 0.721. The minimum absolute atomic E-state index is 0.273. The summed E-state index contributed by atoms with van der Waals surface area (Å²) in [5.41, 5.74) is 3.34. The Balaban J connectivity index is 1.37. The number of fused-ring (bicyclic) bond motifs is 1. The number of hydrogen-bond acceptors (Lipinski definition) is 4. The predicted molar refractivity (Wildman–Crippen MR) is 124 cm³/mol. The zero-order chi connectivity index (χ0) is 21.4. The number of benzene rings is 3. The van der Waals surface area contributed by atoms with E-state index in [0.717, 1.165) is 22.6 Å². The van der Waals surface area contributed by atoms with E-state index in [0.29, 0.717) is 36.7 Å². The Morgan fingerprint density at radius 2 is 1.58 bits per heavy atom. The number of aromatic amines is 1. The van der Waals surface area contributed by atoms with Crippen molar-refractivity contribution in [3.8, 4) is 11.4 Å². The first-order valence-corrected chi connectivity index (χ1v) is 11.9. The molecular formula is C23H21ClN4O2S. The topological polar surface area (TPSA) is 69.3 Å². The van der Waals surface area contributed by atoms with E-state index in [4.69, 9.17) is 11.6 Å². The van der Waals surface area contributed by atoms with Crippen molar-refractivity contribution in [2.24, 2.45) is 0 Å². The monoisotopic (exact) mass is 452 g/mol. The molecule has 31 heavy (non-hydrogen) atoms. The fourth-order valence-corrected chi connectivity index (χ4v) is 5.61. The number of sulfonamides is 1. The van der Waals surface area contributed by atoms with E-state index in [9.17, 15) is 8.42 Å². The van der Waals surface area contributed by atoms with E-state index in [1.807, 2.05) is 54.6 Å². The molecule has 0 aliphatic carbocycles. The van der Waals surface area contributed by atoms with E-state index in [2.05, 4.69) is 14.9 Å². The van der Waals surface area contributed by atoms with Crippen molar-refractivity contribution in [2.45, 2.75) is 4.90 Å². The van der Waals surface area contributed by atoms with Gasteiger partial charge in [0.1, 0.15) is 5.82 Å². The quantitative estimate of drug-likeness (QED) is 0.498. The van der Waals surface area contributed by atoms with Crippen molar-refractivity contribution in [3.05, 3.63) is 77.8 Å². The average Bonchev–Trinajstić information content (AvgIpc) is 3.24. The first-order chi connectivity index (χ1) is 15.0. The predicted octanol–water partition coefficient (Wildman–Crippen LogP) is 4.39. The minimum Gasteiger partial charge on any atom is -0.368 e. The number of para-hydroxylation sites is 1. The van der Waals surface area contributed by atoms with Crippen molar-refractivity contribution in [1.82, 2.24) is 14.3 Å². The Bertz CT molecular complexity index is 1330. The van der Waals surface area contributed by atoms with Gasteiger partial charge in [-0.05, 0) is 30.3 Å². The van der Waals surface area contributed by atoms with Gasteiger partial charge in [-0.1, -0.05) is 54.1 Å². The normalized spacial score (nSPS) is 15.5. The zero-order valence-electron chi connectivity index (χ0n) is 16.7. The number of piperazine rings is 1. The fourth-order valence-electron chi connectivity index (χ4n) is 3.91. The second-order valence-corrected chi connectivity index (χ2v) is 9.82. The van der Waals surface area contributed by atoms with Crippen LogP contribution in [0.15, 0.2) is 77.7 Å². The molecule has 4 aromatic rings. The lowest BCUT2D eigenvalue weighted by Crippen LogP contribution is -2.48. The SMILES string of the molecule is O=S(=O)(c1ccc2nc(-c3ccccc3)[nH]c2c1)N1CCN(c2ccccc2Cl)CC1. The van der Waals surface area contributed by atoms with E-state index >= 15 is 0 Å². The molecule has 0 atom stereocenters. The average molecular weight is 453 g/mol. The molecule has 6 nitrogen and oxygen atoms in total. The van der Waals surface area contributed by atoms with E-state index in [-0.39, 0.29) is 4.90 Å². The van der Waals surface area contributed by atoms with Crippen LogP contribution in [0.25, 0.3) is 22.4 Å². The van der Waals surface area contributed by atoms with Gasteiger partial charge < -0.3 is 9.88 Å². The van der Waals surface area contributed by atoms with Crippen LogP contribution in [0.2, 0.25) is 5.02 Å². The summed E-state index contributed by atoms with van der Waals surface area (Å²) in [7, 11) is -3.60. The third-order valence-corrected chi connectivity index (χ3v) is 7.78. The van der Waals surface area contributed by atoms with Crippen molar-refractivity contribution in [2.75, 3.05) is 31.1 Å². The van der Waals surface area contributed by atoms with Gasteiger partial charge in [0.2, 0.25) is 10.0 Å². The molecule has 0 amide bonds. The highest BCUT2D eigenvalue weighted by atomic mass is 35.5. The number of rotatable bonds is 4. The molecule has 158 valence electrons. The number of aromatic nitrogens is 2. The summed E-state index contributed by atoms with van der Waals surface area (Å²) in [4.78, 5) is 10.2. The molecule has 1 N–H and O–H groups in total. The lowest BCUT2D eigenvalue weighted by Gasteiger charge is -2.35. The van der Waals surface area contributed by atoms with Crippen LogP contribution >= 0.6 is 11.6 Å². The van der Waals surface area contributed by atoms with Crippen LogP contribution < -0.4 is 4.90 Å². The molecule has 1 aromatic heterocycles. The van der Waals surface area contributed by atoms with Crippen LogP contribution in [-0.2, 0) is 10.0 Å². The maximum atomic E-state index is 13.3. The highest BCUT2D eigenvalue weighted by molar-refractivity contribution is 7.89. The third-order valence-electron chi connectivity index (χ3n) is 5.57. The van der Waals surface area contributed by atoms with E-state index < -0.39 is 10.0 Å². The fraction of sp³-hybridized carbons (Fsp3) is 0.174. The van der Waals surface area contributed by atoms with Gasteiger partial charge in [-0.15, -0.1) is 0 Å². The number of halogens is 1. The van der Waals surface area contributed by atoms with Crippen LogP contribution in [-0.4, -0.2) is 48.9 Å². The molecule has 0 spiro atoms. The lowest BCUT2D eigenvalue weighted by atomic mass is 10.2. The maximum absolute atomic E-state index is 13.3. The Morgan fingerprint density at radius 1 is 0.871 bits per heavy atom. The first kappa shape index (κ1) is 20.1. The van der Waals surface area contributed by atoms with Gasteiger partial charge in [0, 0.05) is 31.7 Å². The maximum Gasteiger partial charge on any atom is 0.243 e. The summed E-state index contributed by atoms with van der Waals surface area (Å²) in [6.07, 6.45) is 0. The zero-order valence-corrected chi connectivity index (χ0v) is 18.3. The Labute approximate surface area is 186 Å². The molecular weight excluding hydrogens is 432 g/mol. The number of nitrogens with one attached hydrogen (secondary N) is 1. The van der Waals surface area contributed by atoms with Crippen molar-refractivity contribution in [3.63, 3.8) is 0 Å². The molecule has 3 aromatic carbocycles. The summed E-state index contributed by atoms with van der Waals surface area (Å²) in [6.45, 7) is 1.99. The molecule has 8 heteroatoms. The molecule has 0 bridgehead atoms. The van der Waals surface area contributed by atoms with Crippen LogP contribution in [0.4, 0.5) is 5.69 Å². The van der Waals surface area contributed by atoms with Crippen molar-refractivity contribution in [1.29, 1.82) is 0 Å². The molecule has 1 aliphatic heterocycles. The minimum atomic E-state index is -3.60. The number of anilines is 1. The lowest BCUT2D eigenvalue weighted by molar-refractivity contribution is 0.385. The summed E-state index contributed by atoms with van der Waals surface area (Å²) >= 11 is 6.30. The van der Waals surface area contributed by atoms with Crippen LogP contribution in [0.1, 0.15) is 0 Å². The summed E-state index contributed by atoms with van der Waals surface area (Å²) in [6, 6.07) is 22.5. The van der Waals surface area contributed by atoms with Gasteiger partial charge in [-0.2, -0.15) is 4.31 Å². The van der Waals surface area contributed by atoms with Gasteiger partial charge >= 0.3 is 0 Å². The highest BCUT2D eigenvalue weighted by Crippen LogP contribution is 2.28. The number of H-pyrrole nitrogens is 1. The van der Waals surface area contributed by atoms with E-state index in [1.54, 1.807) is 18.2 Å². The number of imidazole rings is 1. The van der Waals surface area contributed by atoms with Crippen molar-refractivity contribution < 1.29 is 8.42 Å². The molecule has 1 fully saturated rings. The second kappa shape index (κ2) is 8.00. The molecule has 1 saturated heterocycles. The number of nitrogens with zero attached hydrogens (tertiary/aromatic N) is 3. The Kier molecular flexibility index (Phi) is 5.17. The second-order valence-electron chi connectivity index (χ2n) is 7.47. The standard InChI is InChI=1S/C23H21ClN4O2S/c24-19-8-4-5-9-22(19)27-12-14-28(15-13-27)31(29,30)18-10-11-20-21(16-18)26-23(25-20)17-6-2-1-3-7-17/h1-11,16H,12-15H2,(H,25,26). The van der Waals surface area contributed by atoms with E-state index in [1.165, 1.54) is 4.31 Å². The van der Waals surface area contributed by atoms with Gasteiger partial charge in [0.25, 0.3) is 0 Å². The molecule has 0 radical (unpaired) electrons. The van der Waals surface area contributed by atoms with Crippen LogP contribution in [0, 0.1) is 0 Å². The molecule has 5 rings (SSSR count). The molecule has 1 aliphatic rings. The van der Waals surface area contributed by atoms with Gasteiger partial charge in [-0.3, -0.25) is 0 Å². The molecule has 0 saturated carbocycles. The third kappa shape index (κ3) is 3.80. The Hall–Kier alpha value is -2.87. The van der Waals surface area contributed by atoms with Gasteiger partial charge in [-0.25, -0.2) is 13.4 Å². The van der Waals surface area contributed by atoms with Crippen LogP contribution in [0.5, 0.6) is 0 Å². The smallest absolute Gasteiger partial charge is 0.243 e. The van der Waals surface area contributed by atoms with Crippen LogP contribution in [0.3, 0.4) is 0 Å². The Morgan fingerprint density at radius 3 is 2.32 bits per heavy atom. The summed E-state index contributed by atoms with van der Waals surface area (Å²) in [5, 5.41) is 0.678. The van der Waals surface area contributed by atoms with Gasteiger partial charge in [0.05, 0.1) is 26.6 Å². The molecule has 0 unspecified atom stereocenters. The van der Waals surface area contributed by atoms with Crippen molar-refractivity contribution >= 4 is 38.3 Å².